The Hall–Kier alpha value is -3.23. The fraction of sp³-hybridized carbons (Fsp3) is 0.560. The molecule has 3 aliphatic rings. The summed E-state index contributed by atoms with van der Waals surface area (Å²) in [6, 6.07) is 5.07. The zero-order chi connectivity index (χ0) is 24.6. The maximum Gasteiger partial charge on any atom is 0.338 e. The molecule has 0 radical (unpaired) electrons. The average molecular weight is 471 g/mol. The molecule has 1 N–H and O–H groups in total. The molecule has 2 aliphatic carbocycles. The molecule has 1 saturated heterocycles. The highest BCUT2D eigenvalue weighted by Crippen LogP contribution is 2.56. The number of nitrogens with one attached hydrogen (secondary N) is 1. The van der Waals surface area contributed by atoms with Gasteiger partial charge in [-0.2, -0.15) is 0 Å². The lowest BCUT2D eigenvalue weighted by Gasteiger charge is -2.23. The molecule has 4 rings (SSSR count). The number of fused-ring (bicyclic) bond motifs is 5. The summed E-state index contributed by atoms with van der Waals surface area (Å²) in [5.41, 5.74) is 0.778. The van der Waals surface area contributed by atoms with E-state index in [-0.39, 0.29) is 41.4 Å². The molecule has 0 unspecified atom stereocenters. The lowest BCUT2D eigenvalue weighted by atomic mass is 9.81. The Bertz CT molecular complexity index is 975. The van der Waals surface area contributed by atoms with Gasteiger partial charge in [-0.1, -0.05) is 13.8 Å². The van der Waals surface area contributed by atoms with Crippen molar-refractivity contribution in [1.82, 2.24) is 4.90 Å². The Morgan fingerprint density at radius 1 is 0.971 bits per heavy atom. The number of likely N-dealkylation sites (tertiary alicyclic amines) is 1. The third-order valence-corrected chi connectivity index (χ3v) is 6.99. The van der Waals surface area contributed by atoms with Crippen molar-refractivity contribution >= 4 is 35.3 Å². The van der Waals surface area contributed by atoms with Gasteiger partial charge < -0.3 is 14.8 Å². The van der Waals surface area contributed by atoms with E-state index < -0.39 is 30.5 Å². The van der Waals surface area contributed by atoms with E-state index in [0.717, 1.165) is 24.2 Å². The summed E-state index contributed by atoms with van der Waals surface area (Å²) in [4.78, 5) is 63.4. The molecule has 182 valence electrons. The number of benzene rings is 1. The second kappa shape index (κ2) is 9.56. The van der Waals surface area contributed by atoms with Gasteiger partial charge in [0, 0.05) is 5.69 Å². The van der Waals surface area contributed by atoms with Gasteiger partial charge in [0.05, 0.1) is 24.0 Å². The van der Waals surface area contributed by atoms with Gasteiger partial charge in [-0.15, -0.1) is 0 Å². The summed E-state index contributed by atoms with van der Waals surface area (Å²) in [7, 11) is 0. The second-order valence-electron chi connectivity index (χ2n) is 9.83. The maximum atomic E-state index is 12.8. The van der Waals surface area contributed by atoms with Crippen molar-refractivity contribution in [3.8, 4) is 0 Å². The van der Waals surface area contributed by atoms with Crippen LogP contribution in [0.5, 0.6) is 0 Å². The number of nitrogens with zero attached hydrogens (tertiary/aromatic N) is 1. The standard InChI is InChI=1S/C25H30N2O7/c1-13(2)11-33-25(32)15-6-8-18(9-7-15)26-19(28)12-34-24(31)14(3)27-22(29)20-16-4-5-17(10-16)21(20)23(27)30/h6-9,13-14,16-17,20-21H,4-5,10-12H2,1-3H3,(H,26,28)/t14-,16-,17-,20-,21+/m0/s1. The summed E-state index contributed by atoms with van der Waals surface area (Å²) >= 11 is 0. The van der Waals surface area contributed by atoms with Gasteiger partial charge in [0.15, 0.2) is 6.61 Å². The Labute approximate surface area is 198 Å². The molecule has 3 amide bonds. The van der Waals surface area contributed by atoms with Gasteiger partial charge in [-0.05, 0) is 68.2 Å². The van der Waals surface area contributed by atoms with Crippen LogP contribution in [0.1, 0.15) is 50.4 Å². The summed E-state index contributed by atoms with van der Waals surface area (Å²) in [6.07, 6.45) is 2.83. The van der Waals surface area contributed by atoms with Crippen molar-refractivity contribution in [2.45, 2.75) is 46.1 Å². The average Bonchev–Trinajstić information content (AvgIpc) is 3.49. The van der Waals surface area contributed by atoms with Crippen molar-refractivity contribution in [1.29, 1.82) is 0 Å². The van der Waals surface area contributed by atoms with E-state index in [1.807, 2.05) is 13.8 Å². The Balaban J connectivity index is 1.26. The van der Waals surface area contributed by atoms with E-state index in [0.29, 0.717) is 17.9 Å². The van der Waals surface area contributed by atoms with Crippen LogP contribution in [0.2, 0.25) is 0 Å². The van der Waals surface area contributed by atoms with Crippen molar-refractivity contribution in [2.24, 2.45) is 29.6 Å². The summed E-state index contributed by atoms with van der Waals surface area (Å²) in [5, 5.41) is 2.58. The third-order valence-electron chi connectivity index (χ3n) is 6.99. The summed E-state index contributed by atoms with van der Waals surface area (Å²) in [6.45, 7) is 5.09. The number of anilines is 1. The van der Waals surface area contributed by atoms with Crippen LogP contribution in [0.4, 0.5) is 5.69 Å². The van der Waals surface area contributed by atoms with Crippen LogP contribution in [0, 0.1) is 29.6 Å². The summed E-state index contributed by atoms with van der Waals surface area (Å²) < 4.78 is 10.2. The van der Waals surface area contributed by atoms with Crippen LogP contribution in [0.25, 0.3) is 0 Å². The number of hydrogen-bond acceptors (Lipinski definition) is 7. The van der Waals surface area contributed by atoms with Gasteiger partial charge >= 0.3 is 11.9 Å². The van der Waals surface area contributed by atoms with Crippen LogP contribution in [-0.2, 0) is 28.7 Å². The highest BCUT2D eigenvalue weighted by atomic mass is 16.5. The number of esters is 2. The zero-order valence-electron chi connectivity index (χ0n) is 19.6. The minimum atomic E-state index is -1.08. The minimum absolute atomic E-state index is 0.226. The van der Waals surface area contributed by atoms with Gasteiger partial charge in [0.2, 0.25) is 11.8 Å². The number of ether oxygens (including phenoxy) is 2. The molecule has 9 heteroatoms. The van der Waals surface area contributed by atoms with Crippen LogP contribution >= 0.6 is 0 Å². The van der Waals surface area contributed by atoms with Crippen molar-refractivity contribution < 1.29 is 33.4 Å². The molecule has 34 heavy (non-hydrogen) atoms. The zero-order valence-corrected chi connectivity index (χ0v) is 19.6. The smallest absolute Gasteiger partial charge is 0.338 e. The SMILES string of the molecule is CC(C)COC(=O)c1ccc(NC(=O)COC(=O)[C@H](C)N2C(=O)[C@@H]3[C@H]4CC[C@@H](C4)[C@@H]3C2=O)cc1. The predicted octanol–water partition coefficient (Wildman–Crippen LogP) is 2.40. The molecule has 5 atom stereocenters. The molecule has 1 heterocycles. The molecule has 1 aliphatic heterocycles. The predicted molar refractivity (Wildman–Crippen MR) is 120 cm³/mol. The van der Waals surface area contributed by atoms with Crippen LogP contribution < -0.4 is 5.32 Å². The monoisotopic (exact) mass is 470 g/mol. The van der Waals surface area contributed by atoms with E-state index >= 15 is 0 Å². The van der Waals surface area contributed by atoms with E-state index in [1.54, 1.807) is 12.1 Å². The first kappa shape index (κ1) is 23.9. The minimum Gasteiger partial charge on any atom is -0.462 e. The van der Waals surface area contributed by atoms with Gasteiger partial charge in [0.25, 0.3) is 5.91 Å². The van der Waals surface area contributed by atoms with Crippen molar-refractivity contribution in [2.75, 3.05) is 18.5 Å². The fourth-order valence-electron chi connectivity index (χ4n) is 5.39. The van der Waals surface area contributed by atoms with E-state index in [9.17, 15) is 24.0 Å². The Morgan fingerprint density at radius 3 is 2.12 bits per heavy atom. The molecule has 3 fully saturated rings. The largest absolute Gasteiger partial charge is 0.462 e. The Morgan fingerprint density at radius 2 is 1.56 bits per heavy atom. The van der Waals surface area contributed by atoms with Crippen LogP contribution in [-0.4, -0.2) is 53.8 Å². The molecule has 1 aromatic rings. The summed E-state index contributed by atoms with van der Waals surface area (Å²) in [5.74, 6) is -2.33. The van der Waals surface area contributed by atoms with Gasteiger partial charge in [-0.25, -0.2) is 9.59 Å². The van der Waals surface area contributed by atoms with Gasteiger partial charge in [0.1, 0.15) is 6.04 Å². The molecular weight excluding hydrogens is 440 g/mol. The van der Waals surface area contributed by atoms with Crippen molar-refractivity contribution in [3.05, 3.63) is 29.8 Å². The van der Waals surface area contributed by atoms with Crippen molar-refractivity contribution in [3.63, 3.8) is 0 Å². The third kappa shape index (κ3) is 4.56. The first-order valence-electron chi connectivity index (χ1n) is 11.8. The van der Waals surface area contributed by atoms with Crippen LogP contribution in [0.15, 0.2) is 24.3 Å². The van der Waals surface area contributed by atoms with E-state index in [1.165, 1.54) is 19.1 Å². The lowest BCUT2D eigenvalue weighted by molar-refractivity contribution is -0.159. The fourth-order valence-corrected chi connectivity index (χ4v) is 5.39. The molecule has 2 bridgehead atoms. The number of carbonyl (C=O) groups is 5. The second-order valence-corrected chi connectivity index (χ2v) is 9.83. The number of imide groups is 1. The lowest BCUT2D eigenvalue weighted by Crippen LogP contribution is -2.45. The first-order valence-corrected chi connectivity index (χ1v) is 11.8. The number of hydrogen-bond donors (Lipinski definition) is 1. The number of amides is 3. The molecule has 1 aromatic carbocycles. The van der Waals surface area contributed by atoms with Gasteiger partial charge in [-0.3, -0.25) is 19.3 Å². The quantitative estimate of drug-likeness (QED) is 0.458. The normalized spacial score (nSPS) is 25.9. The molecule has 2 saturated carbocycles. The molecule has 9 nitrogen and oxygen atoms in total. The highest BCUT2D eigenvalue weighted by Gasteiger charge is 2.62. The Kier molecular flexibility index (Phi) is 6.72. The first-order chi connectivity index (χ1) is 16.2. The number of carbonyl (C=O) groups excluding carboxylic acids is 5. The van der Waals surface area contributed by atoms with E-state index in [4.69, 9.17) is 9.47 Å². The highest BCUT2D eigenvalue weighted by molar-refractivity contribution is 6.08. The topological polar surface area (TPSA) is 119 Å². The van der Waals surface area contributed by atoms with Crippen LogP contribution in [0.3, 0.4) is 0 Å². The molecular formula is C25H30N2O7. The number of rotatable bonds is 8. The molecule has 0 aromatic heterocycles. The molecule has 0 spiro atoms. The van der Waals surface area contributed by atoms with E-state index in [2.05, 4.69) is 5.32 Å². The maximum absolute atomic E-state index is 12.8.